The van der Waals surface area contributed by atoms with Gasteiger partial charge in [0.15, 0.2) is 0 Å². The van der Waals surface area contributed by atoms with Gasteiger partial charge in [-0.15, -0.1) is 0 Å². The molecule has 1 aromatic carbocycles. The Hall–Kier alpha value is -2.93. The number of benzene rings is 1. The summed E-state index contributed by atoms with van der Waals surface area (Å²) in [7, 11) is 0. The molecule has 1 aliphatic rings. The first-order chi connectivity index (χ1) is 13.5. The summed E-state index contributed by atoms with van der Waals surface area (Å²) >= 11 is 0. The van der Waals surface area contributed by atoms with Gasteiger partial charge in [-0.2, -0.15) is 0 Å². The van der Waals surface area contributed by atoms with Gasteiger partial charge in [-0.25, -0.2) is 4.98 Å². The van der Waals surface area contributed by atoms with Crippen LogP contribution >= 0.6 is 0 Å². The number of carbonyl (C=O) groups excluding carboxylic acids is 2. The van der Waals surface area contributed by atoms with E-state index < -0.39 is 5.91 Å². The summed E-state index contributed by atoms with van der Waals surface area (Å²) in [5, 5.41) is 2.89. The molecule has 1 fully saturated rings. The Bertz CT molecular complexity index is 830. The van der Waals surface area contributed by atoms with Crippen LogP contribution in [0, 0.1) is 5.41 Å². The van der Waals surface area contributed by atoms with E-state index in [2.05, 4.69) is 10.3 Å². The molecule has 2 aromatic rings. The fraction of sp³-hybridized carbons (Fsp3) is 0.381. The second-order valence-electron chi connectivity index (χ2n) is 7.37. The Morgan fingerprint density at radius 3 is 2.57 bits per heavy atom. The Kier molecular flexibility index (Phi) is 6.26. The zero-order valence-corrected chi connectivity index (χ0v) is 15.8. The number of primary amides is 1. The minimum atomic E-state index is -0.523. The maximum atomic E-state index is 12.5. The van der Waals surface area contributed by atoms with Gasteiger partial charge in [-0.05, 0) is 49.1 Å². The minimum absolute atomic E-state index is 0.0445. The quantitative estimate of drug-likeness (QED) is 0.679. The van der Waals surface area contributed by atoms with Crippen LogP contribution in [0.15, 0.2) is 42.6 Å². The van der Waals surface area contributed by atoms with Crippen LogP contribution in [0.5, 0.6) is 11.6 Å². The largest absolute Gasteiger partial charge is 0.439 e. The molecule has 3 rings (SSSR count). The van der Waals surface area contributed by atoms with Gasteiger partial charge in [0.05, 0.1) is 11.9 Å². The van der Waals surface area contributed by atoms with Crippen molar-refractivity contribution in [2.24, 2.45) is 16.9 Å². The summed E-state index contributed by atoms with van der Waals surface area (Å²) in [4.78, 5) is 27.9. The average Bonchev–Trinajstić information content (AvgIpc) is 2.70. The lowest BCUT2D eigenvalue weighted by molar-refractivity contribution is -0.118. The van der Waals surface area contributed by atoms with Crippen LogP contribution < -0.4 is 21.5 Å². The van der Waals surface area contributed by atoms with Gasteiger partial charge in [-0.3, -0.25) is 9.59 Å². The third-order valence-electron chi connectivity index (χ3n) is 5.24. The third-order valence-corrected chi connectivity index (χ3v) is 5.24. The van der Waals surface area contributed by atoms with Gasteiger partial charge in [0.25, 0.3) is 0 Å². The van der Waals surface area contributed by atoms with Crippen molar-refractivity contribution in [3.05, 3.63) is 48.2 Å². The number of aromatic nitrogens is 1. The maximum Gasteiger partial charge on any atom is 0.248 e. The Labute approximate surface area is 164 Å². The van der Waals surface area contributed by atoms with Crippen molar-refractivity contribution in [3.8, 4) is 11.6 Å². The van der Waals surface area contributed by atoms with Crippen molar-refractivity contribution in [1.29, 1.82) is 0 Å². The first-order valence-electron chi connectivity index (χ1n) is 9.53. The monoisotopic (exact) mass is 382 g/mol. The van der Waals surface area contributed by atoms with E-state index in [9.17, 15) is 9.59 Å². The molecule has 0 aliphatic heterocycles. The number of nitrogens with two attached hydrogens (primary N) is 2. The highest BCUT2D eigenvalue weighted by molar-refractivity contribution is 5.93. The lowest BCUT2D eigenvalue weighted by Gasteiger charge is -2.35. The van der Waals surface area contributed by atoms with Crippen molar-refractivity contribution >= 4 is 17.5 Å². The normalized spacial score (nSPS) is 15.6. The summed E-state index contributed by atoms with van der Waals surface area (Å²) in [6.45, 7) is 0.538. The number of anilines is 1. The van der Waals surface area contributed by atoms with Gasteiger partial charge < -0.3 is 21.5 Å². The molecule has 1 heterocycles. The molecule has 1 aliphatic carbocycles. The number of rotatable bonds is 7. The van der Waals surface area contributed by atoms with E-state index in [1.807, 2.05) is 0 Å². The number of hydrogen-bond acceptors (Lipinski definition) is 5. The van der Waals surface area contributed by atoms with Crippen LogP contribution in [0.1, 0.15) is 48.9 Å². The van der Waals surface area contributed by atoms with Crippen molar-refractivity contribution in [1.82, 2.24) is 4.98 Å². The zero-order chi connectivity index (χ0) is 20.0. The van der Waals surface area contributed by atoms with Crippen LogP contribution in [0.3, 0.4) is 0 Å². The van der Waals surface area contributed by atoms with E-state index in [0.717, 1.165) is 25.7 Å². The van der Waals surface area contributed by atoms with E-state index >= 15 is 0 Å². The third kappa shape index (κ3) is 5.07. The van der Waals surface area contributed by atoms with Crippen LogP contribution in [0.4, 0.5) is 5.69 Å². The Morgan fingerprint density at radius 1 is 1.14 bits per heavy atom. The lowest BCUT2D eigenvalue weighted by atomic mass is 9.71. The second-order valence-corrected chi connectivity index (χ2v) is 7.37. The summed E-state index contributed by atoms with van der Waals surface area (Å²) in [5.41, 5.74) is 12.1. The number of nitrogens with zero attached hydrogens (tertiary/aromatic N) is 1. The van der Waals surface area contributed by atoms with E-state index in [4.69, 9.17) is 16.2 Å². The lowest BCUT2D eigenvalue weighted by Crippen LogP contribution is -2.36. The molecule has 0 saturated heterocycles. The zero-order valence-electron chi connectivity index (χ0n) is 15.8. The second kappa shape index (κ2) is 8.84. The highest BCUT2D eigenvalue weighted by Crippen LogP contribution is 2.38. The number of amides is 2. The van der Waals surface area contributed by atoms with Gasteiger partial charge >= 0.3 is 0 Å². The number of hydrogen-bond donors (Lipinski definition) is 3. The SMILES string of the molecule is NCC1(CC(=O)Nc2ccc(Oc3cccc(C(N)=O)c3)nc2)CCCCC1. The highest BCUT2D eigenvalue weighted by atomic mass is 16.5. The standard InChI is InChI=1S/C21H26N4O3/c22-14-21(9-2-1-3-10-21)12-18(26)25-16-7-8-19(24-13-16)28-17-6-4-5-15(11-17)20(23)27/h4-8,11,13H,1-3,9-10,12,14,22H2,(H2,23,27)(H,25,26). The molecule has 5 N–H and O–H groups in total. The molecule has 7 nitrogen and oxygen atoms in total. The van der Waals surface area contributed by atoms with Crippen molar-refractivity contribution < 1.29 is 14.3 Å². The van der Waals surface area contributed by atoms with Gasteiger partial charge in [0.2, 0.25) is 17.7 Å². The maximum absolute atomic E-state index is 12.5. The summed E-state index contributed by atoms with van der Waals surface area (Å²) in [5.74, 6) is 0.245. The number of ether oxygens (including phenoxy) is 1. The van der Waals surface area contributed by atoms with Gasteiger partial charge in [0, 0.05) is 18.1 Å². The van der Waals surface area contributed by atoms with Crippen LogP contribution in [0.2, 0.25) is 0 Å². The molecule has 0 radical (unpaired) electrons. The molecule has 0 spiro atoms. The summed E-state index contributed by atoms with van der Waals surface area (Å²) < 4.78 is 5.64. The van der Waals surface area contributed by atoms with E-state index in [1.54, 1.807) is 42.6 Å². The van der Waals surface area contributed by atoms with Gasteiger partial charge in [0.1, 0.15) is 5.75 Å². The summed E-state index contributed by atoms with van der Waals surface area (Å²) in [6.07, 6.45) is 7.47. The molecule has 2 amide bonds. The fourth-order valence-electron chi connectivity index (χ4n) is 3.65. The predicted molar refractivity (Wildman–Crippen MR) is 107 cm³/mol. The van der Waals surface area contributed by atoms with E-state index in [1.165, 1.54) is 6.42 Å². The van der Waals surface area contributed by atoms with Crippen LogP contribution in [-0.2, 0) is 4.79 Å². The van der Waals surface area contributed by atoms with Crippen LogP contribution in [-0.4, -0.2) is 23.3 Å². The van der Waals surface area contributed by atoms with Crippen molar-refractivity contribution in [3.63, 3.8) is 0 Å². The van der Waals surface area contributed by atoms with Crippen molar-refractivity contribution in [2.75, 3.05) is 11.9 Å². The first-order valence-corrected chi connectivity index (χ1v) is 9.53. The Morgan fingerprint density at radius 2 is 1.93 bits per heavy atom. The molecular formula is C21H26N4O3. The molecule has 0 unspecified atom stereocenters. The molecule has 148 valence electrons. The number of nitrogens with one attached hydrogen (secondary N) is 1. The van der Waals surface area contributed by atoms with Crippen molar-refractivity contribution in [2.45, 2.75) is 38.5 Å². The topological polar surface area (TPSA) is 120 Å². The van der Waals surface area contributed by atoms with E-state index in [-0.39, 0.29) is 11.3 Å². The Balaban J connectivity index is 1.59. The number of carbonyl (C=O) groups is 2. The minimum Gasteiger partial charge on any atom is -0.439 e. The molecule has 28 heavy (non-hydrogen) atoms. The smallest absolute Gasteiger partial charge is 0.248 e. The number of pyridine rings is 1. The average molecular weight is 382 g/mol. The molecule has 0 atom stereocenters. The predicted octanol–water partition coefficient (Wildman–Crippen LogP) is 3.21. The molecule has 7 heteroatoms. The molecular weight excluding hydrogens is 356 g/mol. The van der Waals surface area contributed by atoms with E-state index in [0.29, 0.717) is 35.8 Å². The fourth-order valence-corrected chi connectivity index (χ4v) is 3.65. The molecule has 0 bridgehead atoms. The van der Waals surface area contributed by atoms with Gasteiger partial charge in [-0.1, -0.05) is 25.3 Å². The summed E-state index contributed by atoms with van der Waals surface area (Å²) in [6, 6.07) is 9.95. The molecule has 1 saturated carbocycles. The first kappa shape index (κ1) is 19.8. The van der Waals surface area contributed by atoms with Crippen LogP contribution in [0.25, 0.3) is 0 Å². The molecule has 1 aromatic heterocycles. The highest BCUT2D eigenvalue weighted by Gasteiger charge is 2.32.